The first-order valence-electron chi connectivity index (χ1n) is 6.58. The van der Waals surface area contributed by atoms with Crippen LogP contribution in [0.2, 0.25) is 0 Å². The molecule has 7 heteroatoms. The standard InChI is InChI=1S/C16H13BrN2O3S/c1-9-10(15(21)22)6-4-8-13(9)18-16(23)19-14(20)11-5-2-3-7-12(11)17/h2-8H,1H3,(H,21,22)(H2,18,19,20,23)/p-1. The van der Waals surface area contributed by atoms with E-state index >= 15 is 0 Å². The molecule has 0 bridgehead atoms. The monoisotopic (exact) mass is 391 g/mol. The number of carboxylic acid groups (broad SMARTS) is 1. The molecule has 2 aromatic carbocycles. The second-order valence-corrected chi connectivity index (χ2v) is 5.92. The zero-order valence-corrected chi connectivity index (χ0v) is 14.5. The fraction of sp³-hybridized carbons (Fsp3) is 0.0625. The van der Waals surface area contributed by atoms with Gasteiger partial charge in [-0.05, 0) is 58.8 Å². The number of thiocarbonyl (C=S) groups is 1. The molecule has 0 saturated carbocycles. The summed E-state index contributed by atoms with van der Waals surface area (Å²) < 4.78 is 0.649. The summed E-state index contributed by atoms with van der Waals surface area (Å²) in [5, 5.41) is 16.5. The summed E-state index contributed by atoms with van der Waals surface area (Å²) in [5.74, 6) is -1.64. The van der Waals surface area contributed by atoms with Gasteiger partial charge in [0, 0.05) is 15.7 Å². The van der Waals surface area contributed by atoms with Crippen molar-refractivity contribution in [3.05, 3.63) is 63.6 Å². The highest BCUT2D eigenvalue weighted by atomic mass is 79.9. The van der Waals surface area contributed by atoms with E-state index in [-0.39, 0.29) is 16.6 Å². The molecule has 2 rings (SSSR count). The van der Waals surface area contributed by atoms with E-state index in [4.69, 9.17) is 12.2 Å². The molecule has 118 valence electrons. The van der Waals surface area contributed by atoms with Crippen molar-refractivity contribution >= 4 is 50.8 Å². The Labute approximate surface area is 146 Å². The molecule has 0 aliphatic heterocycles. The van der Waals surface area contributed by atoms with Crippen LogP contribution < -0.4 is 15.7 Å². The number of anilines is 1. The topological polar surface area (TPSA) is 81.3 Å². The van der Waals surface area contributed by atoms with Gasteiger partial charge in [0.25, 0.3) is 5.91 Å². The van der Waals surface area contributed by atoms with Gasteiger partial charge in [-0.1, -0.05) is 24.3 Å². The molecule has 0 aliphatic carbocycles. The second kappa shape index (κ2) is 7.34. The van der Waals surface area contributed by atoms with E-state index in [9.17, 15) is 14.7 Å². The van der Waals surface area contributed by atoms with E-state index in [0.29, 0.717) is 21.3 Å². The van der Waals surface area contributed by atoms with Crippen molar-refractivity contribution in [1.29, 1.82) is 0 Å². The van der Waals surface area contributed by atoms with Crippen molar-refractivity contribution in [3.63, 3.8) is 0 Å². The molecule has 0 saturated heterocycles. The van der Waals surface area contributed by atoms with Crippen molar-refractivity contribution in [3.8, 4) is 0 Å². The van der Waals surface area contributed by atoms with Gasteiger partial charge in [-0.3, -0.25) is 10.1 Å². The predicted octanol–water partition coefficient (Wildman–Crippen LogP) is 2.25. The van der Waals surface area contributed by atoms with E-state index in [0.717, 1.165) is 0 Å². The molecular formula is C16H12BrN2O3S-. The van der Waals surface area contributed by atoms with Crippen LogP contribution in [0.5, 0.6) is 0 Å². The smallest absolute Gasteiger partial charge is 0.258 e. The number of amides is 1. The van der Waals surface area contributed by atoms with Gasteiger partial charge < -0.3 is 15.2 Å². The molecule has 0 heterocycles. The Morgan fingerprint density at radius 2 is 1.74 bits per heavy atom. The largest absolute Gasteiger partial charge is 0.545 e. The van der Waals surface area contributed by atoms with Gasteiger partial charge >= 0.3 is 0 Å². The van der Waals surface area contributed by atoms with E-state index in [1.807, 2.05) is 0 Å². The molecule has 2 N–H and O–H groups in total. The molecule has 0 aliphatic rings. The molecule has 2 aromatic rings. The average molecular weight is 392 g/mol. The Hall–Kier alpha value is -2.25. The van der Waals surface area contributed by atoms with Gasteiger partial charge in [0.1, 0.15) is 0 Å². The van der Waals surface area contributed by atoms with Crippen molar-refractivity contribution < 1.29 is 14.7 Å². The van der Waals surface area contributed by atoms with Crippen LogP contribution in [0.4, 0.5) is 5.69 Å². The number of hydrogen-bond acceptors (Lipinski definition) is 4. The summed E-state index contributed by atoms with van der Waals surface area (Å²) in [4.78, 5) is 23.2. The molecule has 1 amide bonds. The van der Waals surface area contributed by atoms with Gasteiger partial charge in [-0.15, -0.1) is 0 Å². The quantitative estimate of drug-likeness (QED) is 0.784. The fourth-order valence-electron chi connectivity index (χ4n) is 1.96. The number of aromatic carboxylic acids is 1. The van der Waals surface area contributed by atoms with E-state index in [2.05, 4.69) is 26.6 Å². The van der Waals surface area contributed by atoms with E-state index < -0.39 is 5.97 Å². The third-order valence-electron chi connectivity index (χ3n) is 3.15. The first kappa shape index (κ1) is 17.1. The maximum Gasteiger partial charge on any atom is 0.258 e. The normalized spacial score (nSPS) is 10.0. The minimum Gasteiger partial charge on any atom is -0.545 e. The highest BCUT2D eigenvalue weighted by Crippen LogP contribution is 2.19. The summed E-state index contributed by atoms with van der Waals surface area (Å²) in [6, 6.07) is 11.6. The Kier molecular flexibility index (Phi) is 5.46. The maximum absolute atomic E-state index is 12.2. The van der Waals surface area contributed by atoms with Crippen LogP contribution in [0.1, 0.15) is 26.3 Å². The fourth-order valence-corrected chi connectivity index (χ4v) is 2.63. The van der Waals surface area contributed by atoms with Crippen LogP contribution >= 0.6 is 28.1 Å². The van der Waals surface area contributed by atoms with Gasteiger partial charge in [0.15, 0.2) is 5.11 Å². The second-order valence-electron chi connectivity index (χ2n) is 4.65. The van der Waals surface area contributed by atoms with Crippen LogP contribution in [-0.2, 0) is 0 Å². The number of hydrogen-bond donors (Lipinski definition) is 2. The SMILES string of the molecule is Cc1c(NC(=S)NC(=O)c2ccccc2Br)cccc1C(=O)[O-]. The lowest BCUT2D eigenvalue weighted by molar-refractivity contribution is -0.255. The third-order valence-corrected chi connectivity index (χ3v) is 4.04. The summed E-state index contributed by atoms with van der Waals surface area (Å²) >= 11 is 8.40. The highest BCUT2D eigenvalue weighted by molar-refractivity contribution is 9.10. The Bertz CT molecular complexity index is 793. The third kappa shape index (κ3) is 4.14. The number of carbonyl (C=O) groups excluding carboxylic acids is 2. The van der Waals surface area contributed by atoms with Crippen LogP contribution in [-0.4, -0.2) is 17.0 Å². The zero-order chi connectivity index (χ0) is 17.0. The summed E-state index contributed by atoms with van der Waals surface area (Å²) in [5.41, 5.74) is 1.47. The summed E-state index contributed by atoms with van der Waals surface area (Å²) in [6.45, 7) is 1.63. The average Bonchev–Trinajstić information content (AvgIpc) is 2.49. The number of nitrogens with one attached hydrogen (secondary N) is 2. The Balaban J connectivity index is 2.12. The Morgan fingerprint density at radius 3 is 2.39 bits per heavy atom. The van der Waals surface area contributed by atoms with Crippen molar-refractivity contribution in [1.82, 2.24) is 5.32 Å². The molecule has 0 atom stereocenters. The van der Waals surface area contributed by atoms with Gasteiger partial charge in [-0.25, -0.2) is 0 Å². The van der Waals surface area contributed by atoms with Gasteiger partial charge in [0.05, 0.1) is 11.5 Å². The van der Waals surface area contributed by atoms with Crippen LogP contribution in [0.15, 0.2) is 46.9 Å². The number of halogens is 1. The Morgan fingerprint density at radius 1 is 1.09 bits per heavy atom. The first-order valence-corrected chi connectivity index (χ1v) is 7.78. The number of carboxylic acids is 1. The van der Waals surface area contributed by atoms with Gasteiger partial charge in [0.2, 0.25) is 0 Å². The van der Waals surface area contributed by atoms with Crippen molar-refractivity contribution in [2.75, 3.05) is 5.32 Å². The molecular weight excluding hydrogens is 380 g/mol. The zero-order valence-electron chi connectivity index (χ0n) is 12.1. The number of carbonyl (C=O) groups is 2. The minimum atomic E-state index is -1.27. The molecule has 0 fully saturated rings. The molecule has 0 aromatic heterocycles. The van der Waals surface area contributed by atoms with Crippen LogP contribution in [0, 0.1) is 6.92 Å². The predicted molar refractivity (Wildman–Crippen MR) is 93.3 cm³/mol. The lowest BCUT2D eigenvalue weighted by Gasteiger charge is -2.15. The van der Waals surface area contributed by atoms with Crippen molar-refractivity contribution in [2.45, 2.75) is 6.92 Å². The van der Waals surface area contributed by atoms with E-state index in [1.54, 1.807) is 43.3 Å². The molecule has 0 unspecified atom stereocenters. The lowest BCUT2D eigenvalue weighted by atomic mass is 10.1. The highest BCUT2D eigenvalue weighted by Gasteiger charge is 2.12. The first-order chi connectivity index (χ1) is 10.9. The summed E-state index contributed by atoms with van der Waals surface area (Å²) in [7, 11) is 0. The molecule has 0 radical (unpaired) electrons. The maximum atomic E-state index is 12.2. The molecule has 0 spiro atoms. The van der Waals surface area contributed by atoms with Gasteiger partial charge in [-0.2, -0.15) is 0 Å². The van der Waals surface area contributed by atoms with E-state index in [1.165, 1.54) is 6.07 Å². The minimum absolute atomic E-state index is 0.0648. The van der Waals surface area contributed by atoms with Crippen LogP contribution in [0.25, 0.3) is 0 Å². The summed E-state index contributed by atoms with van der Waals surface area (Å²) in [6.07, 6.45) is 0. The molecule has 23 heavy (non-hydrogen) atoms. The van der Waals surface area contributed by atoms with Crippen molar-refractivity contribution in [2.24, 2.45) is 0 Å². The van der Waals surface area contributed by atoms with Crippen LogP contribution in [0.3, 0.4) is 0 Å². The number of rotatable bonds is 3. The number of benzene rings is 2. The lowest BCUT2D eigenvalue weighted by Crippen LogP contribution is -2.34. The molecule has 5 nitrogen and oxygen atoms in total.